The minimum absolute atomic E-state index is 0.223. The Balaban J connectivity index is 4.25. The van der Waals surface area contributed by atoms with Crippen LogP contribution in [0.4, 0.5) is 0 Å². The lowest BCUT2D eigenvalue weighted by molar-refractivity contribution is -0.121. The summed E-state index contributed by atoms with van der Waals surface area (Å²) in [4.78, 5) is 11.1. The third-order valence-corrected chi connectivity index (χ3v) is 1.98. The summed E-state index contributed by atoms with van der Waals surface area (Å²) in [5, 5.41) is 2.15. The van der Waals surface area contributed by atoms with E-state index in [-0.39, 0.29) is 5.91 Å². The van der Waals surface area contributed by atoms with Gasteiger partial charge < -0.3 is 5.32 Å². The molecule has 0 aliphatic heterocycles. The van der Waals surface area contributed by atoms with Gasteiger partial charge >= 0.3 is 0 Å². The minimum atomic E-state index is -0.569. The maximum atomic E-state index is 11.1. The molecule has 0 aliphatic carbocycles. The van der Waals surface area contributed by atoms with Crippen LogP contribution < -0.4 is 5.32 Å². The van der Waals surface area contributed by atoms with E-state index in [1.165, 1.54) is 0 Å². The summed E-state index contributed by atoms with van der Waals surface area (Å²) in [6.45, 7) is 5.33. The quantitative estimate of drug-likeness (QED) is 0.527. The van der Waals surface area contributed by atoms with Crippen molar-refractivity contribution in [1.82, 2.24) is 5.32 Å². The van der Waals surface area contributed by atoms with Crippen molar-refractivity contribution in [2.75, 3.05) is 0 Å². The molecule has 68 valence electrons. The highest BCUT2D eigenvalue weighted by atomic mass is 35.5. The second kappa shape index (κ2) is 4.37. The molecule has 1 N–H and O–H groups in total. The molecule has 2 nitrogen and oxygen atoms in total. The minimum Gasteiger partial charge on any atom is -0.339 e. The predicted molar refractivity (Wildman–Crippen MR) is 51.0 cm³/mol. The van der Waals surface area contributed by atoms with Gasteiger partial charge in [0.05, 0.1) is 5.54 Å². The lowest BCUT2D eigenvalue weighted by Gasteiger charge is -2.23. The number of nitrogens with one attached hydrogen (secondary N) is 1. The first kappa shape index (κ1) is 11.3. The van der Waals surface area contributed by atoms with E-state index in [0.29, 0.717) is 6.42 Å². The van der Waals surface area contributed by atoms with Crippen LogP contribution in [0.2, 0.25) is 0 Å². The fourth-order valence-corrected chi connectivity index (χ4v) is 0.652. The molecule has 0 radical (unpaired) electrons. The summed E-state index contributed by atoms with van der Waals surface area (Å²) in [5.41, 5.74) is -0.569. The number of carbonyl (C=O) groups is 1. The van der Waals surface area contributed by atoms with Crippen molar-refractivity contribution in [1.29, 1.82) is 0 Å². The van der Waals surface area contributed by atoms with Gasteiger partial charge in [-0.15, -0.1) is 18.0 Å². The molecule has 0 aliphatic rings. The summed E-state index contributed by atoms with van der Waals surface area (Å²) in [6, 6.07) is 0. The van der Waals surface area contributed by atoms with Crippen molar-refractivity contribution in [3.63, 3.8) is 0 Å². The van der Waals surface area contributed by atoms with Gasteiger partial charge in [0.25, 0.3) is 0 Å². The van der Waals surface area contributed by atoms with Gasteiger partial charge in [-0.25, -0.2) is 0 Å². The molecule has 0 aromatic rings. The summed E-state index contributed by atoms with van der Waals surface area (Å²) in [7, 11) is 0. The highest BCUT2D eigenvalue weighted by molar-refractivity contribution is 6.30. The molecule has 1 amide bonds. The van der Waals surface area contributed by atoms with Crippen LogP contribution in [-0.2, 0) is 4.79 Å². The second-order valence-electron chi connectivity index (χ2n) is 2.94. The Bertz CT molecular complexity index is 207. The summed E-state index contributed by atoms with van der Waals surface area (Å²) in [5.74, 6) is 2.30. The molecule has 2 atom stereocenters. The molecule has 0 aromatic heterocycles. The predicted octanol–water partition coefficient (Wildman–Crippen LogP) is 1.53. The molecule has 0 aromatic carbocycles. The van der Waals surface area contributed by atoms with E-state index in [1.807, 2.05) is 6.92 Å². The first-order valence-corrected chi connectivity index (χ1v) is 4.32. The van der Waals surface area contributed by atoms with Crippen LogP contribution in [-0.4, -0.2) is 16.8 Å². The summed E-state index contributed by atoms with van der Waals surface area (Å²) < 4.78 is 0. The van der Waals surface area contributed by atoms with Gasteiger partial charge in [0.1, 0.15) is 5.38 Å². The van der Waals surface area contributed by atoms with Crippen molar-refractivity contribution >= 4 is 17.5 Å². The Morgan fingerprint density at radius 1 is 1.83 bits per heavy atom. The van der Waals surface area contributed by atoms with E-state index in [2.05, 4.69) is 11.2 Å². The van der Waals surface area contributed by atoms with E-state index >= 15 is 0 Å². The zero-order valence-corrected chi connectivity index (χ0v) is 8.40. The average molecular weight is 188 g/mol. The molecule has 0 rings (SSSR count). The molecule has 0 bridgehead atoms. The number of alkyl halides is 1. The van der Waals surface area contributed by atoms with Gasteiger partial charge in [-0.1, -0.05) is 12.8 Å². The van der Waals surface area contributed by atoms with Gasteiger partial charge in [-0.05, 0) is 20.3 Å². The van der Waals surface area contributed by atoms with Crippen molar-refractivity contribution in [3.8, 4) is 12.3 Å². The van der Waals surface area contributed by atoms with Crippen LogP contribution in [0.5, 0.6) is 0 Å². The third kappa shape index (κ3) is 3.15. The molecule has 2 unspecified atom stereocenters. The standard InChI is InChI=1S/C9H14ClNO/c1-5-9(4,6-2)11-8(12)7(3)10/h1,7H,6H2,2-4H3,(H,11,12). The maximum absolute atomic E-state index is 11.1. The van der Waals surface area contributed by atoms with Crippen LogP contribution in [0.15, 0.2) is 0 Å². The first-order valence-electron chi connectivity index (χ1n) is 3.89. The number of carbonyl (C=O) groups excluding carboxylic acids is 1. The second-order valence-corrected chi connectivity index (χ2v) is 3.59. The van der Waals surface area contributed by atoms with E-state index < -0.39 is 10.9 Å². The number of halogens is 1. The van der Waals surface area contributed by atoms with Crippen molar-refractivity contribution < 1.29 is 4.79 Å². The molecule has 0 saturated heterocycles. The summed E-state index contributed by atoms with van der Waals surface area (Å²) in [6.07, 6.45) is 5.95. The van der Waals surface area contributed by atoms with Crippen LogP contribution in [0, 0.1) is 12.3 Å². The number of hydrogen-bond acceptors (Lipinski definition) is 1. The molecule has 0 spiro atoms. The van der Waals surface area contributed by atoms with E-state index in [0.717, 1.165) is 0 Å². The lowest BCUT2D eigenvalue weighted by atomic mass is 10.0. The number of terminal acetylenes is 1. The van der Waals surface area contributed by atoms with Crippen molar-refractivity contribution in [2.45, 2.75) is 38.1 Å². The first-order chi connectivity index (χ1) is 5.45. The average Bonchev–Trinajstić information content (AvgIpc) is 2.04. The summed E-state index contributed by atoms with van der Waals surface area (Å²) >= 11 is 5.57. The normalized spacial score (nSPS) is 17.2. The lowest BCUT2D eigenvalue weighted by Crippen LogP contribution is -2.46. The van der Waals surface area contributed by atoms with Crippen LogP contribution in [0.25, 0.3) is 0 Å². The van der Waals surface area contributed by atoms with Gasteiger partial charge in [-0.3, -0.25) is 4.79 Å². The molecular weight excluding hydrogens is 174 g/mol. The Kier molecular flexibility index (Phi) is 4.12. The van der Waals surface area contributed by atoms with E-state index in [9.17, 15) is 4.79 Å². The molecule has 0 heterocycles. The number of rotatable bonds is 3. The number of amides is 1. The highest BCUT2D eigenvalue weighted by Crippen LogP contribution is 2.08. The molecule has 12 heavy (non-hydrogen) atoms. The fraction of sp³-hybridized carbons (Fsp3) is 0.667. The SMILES string of the molecule is C#CC(C)(CC)NC(=O)C(C)Cl. The molecular formula is C9H14ClNO. The van der Waals surface area contributed by atoms with Gasteiger partial charge in [0, 0.05) is 0 Å². The van der Waals surface area contributed by atoms with Crippen LogP contribution >= 0.6 is 11.6 Å². The molecule has 0 fully saturated rings. The van der Waals surface area contributed by atoms with Gasteiger partial charge in [0.15, 0.2) is 0 Å². The monoisotopic (exact) mass is 187 g/mol. The van der Waals surface area contributed by atoms with Crippen LogP contribution in [0.3, 0.4) is 0 Å². The maximum Gasteiger partial charge on any atom is 0.238 e. The third-order valence-electron chi connectivity index (χ3n) is 1.79. The number of hydrogen-bond donors (Lipinski definition) is 1. The highest BCUT2D eigenvalue weighted by Gasteiger charge is 2.22. The van der Waals surface area contributed by atoms with Gasteiger partial charge in [-0.2, -0.15) is 0 Å². The zero-order valence-electron chi connectivity index (χ0n) is 7.65. The van der Waals surface area contributed by atoms with Crippen molar-refractivity contribution in [3.05, 3.63) is 0 Å². The molecule has 0 saturated carbocycles. The smallest absolute Gasteiger partial charge is 0.238 e. The van der Waals surface area contributed by atoms with Crippen molar-refractivity contribution in [2.24, 2.45) is 0 Å². The Morgan fingerprint density at radius 2 is 2.33 bits per heavy atom. The van der Waals surface area contributed by atoms with Gasteiger partial charge in [0.2, 0.25) is 5.91 Å². The van der Waals surface area contributed by atoms with E-state index in [1.54, 1.807) is 13.8 Å². The van der Waals surface area contributed by atoms with E-state index in [4.69, 9.17) is 18.0 Å². The molecule has 3 heteroatoms. The fourth-order valence-electron chi connectivity index (χ4n) is 0.598. The Morgan fingerprint density at radius 3 is 2.58 bits per heavy atom. The largest absolute Gasteiger partial charge is 0.339 e. The Hall–Kier alpha value is -0.680. The van der Waals surface area contributed by atoms with Crippen LogP contribution in [0.1, 0.15) is 27.2 Å². The zero-order chi connectivity index (χ0) is 9.78. The Labute approximate surface area is 78.7 Å². The topological polar surface area (TPSA) is 29.1 Å².